The van der Waals surface area contributed by atoms with E-state index < -0.39 is 0 Å². The molecule has 1 amide bonds. The number of hydrogen-bond donors (Lipinski definition) is 2. The van der Waals surface area contributed by atoms with E-state index in [4.69, 9.17) is 0 Å². The Hall–Kier alpha value is -2.53. The van der Waals surface area contributed by atoms with Crippen LogP contribution in [0, 0.1) is 6.92 Å². The van der Waals surface area contributed by atoms with Crippen molar-refractivity contribution in [2.75, 3.05) is 0 Å². The standard InChI is InChI=1S/C17H13NO3S/c1-10-2-4-11(5-3-10)17-18-16(21)15(22-17)8-12-6-7-13(19)9-14(12)20/h2-9,19-20H,1H3/b15-8-. The maximum absolute atomic E-state index is 12.0. The quantitative estimate of drug-likeness (QED) is 0.833. The first kappa shape index (κ1) is 14.4. The third-order valence-corrected chi connectivity index (χ3v) is 4.25. The van der Waals surface area contributed by atoms with Crippen LogP contribution in [0.3, 0.4) is 0 Å². The smallest absolute Gasteiger partial charge is 0.284 e. The fourth-order valence-electron chi connectivity index (χ4n) is 2.02. The molecule has 3 rings (SSSR count). The topological polar surface area (TPSA) is 69.9 Å². The molecule has 0 atom stereocenters. The highest BCUT2D eigenvalue weighted by Gasteiger charge is 2.23. The average Bonchev–Trinajstić information content (AvgIpc) is 2.84. The molecule has 0 spiro atoms. The number of phenols is 2. The zero-order chi connectivity index (χ0) is 15.7. The third kappa shape index (κ3) is 2.89. The summed E-state index contributed by atoms with van der Waals surface area (Å²) >= 11 is 1.27. The van der Waals surface area contributed by atoms with Gasteiger partial charge < -0.3 is 10.2 Å². The Balaban J connectivity index is 1.88. The normalized spacial score (nSPS) is 16.1. The number of thioether (sulfide) groups is 1. The van der Waals surface area contributed by atoms with Gasteiger partial charge in [0.1, 0.15) is 16.5 Å². The molecule has 0 aromatic heterocycles. The number of carbonyl (C=O) groups is 1. The number of rotatable bonds is 2. The van der Waals surface area contributed by atoms with Crippen molar-refractivity contribution < 1.29 is 15.0 Å². The van der Waals surface area contributed by atoms with E-state index in [0.717, 1.165) is 11.1 Å². The maximum atomic E-state index is 12.0. The van der Waals surface area contributed by atoms with E-state index in [1.54, 1.807) is 12.1 Å². The highest BCUT2D eigenvalue weighted by molar-refractivity contribution is 8.19. The Morgan fingerprint density at radius 1 is 1.09 bits per heavy atom. The van der Waals surface area contributed by atoms with Crippen molar-refractivity contribution in [3.8, 4) is 11.5 Å². The van der Waals surface area contributed by atoms with E-state index >= 15 is 0 Å². The maximum Gasteiger partial charge on any atom is 0.284 e. The molecular formula is C17H13NO3S. The van der Waals surface area contributed by atoms with Crippen molar-refractivity contribution in [2.45, 2.75) is 6.92 Å². The van der Waals surface area contributed by atoms with E-state index in [1.165, 1.54) is 23.9 Å². The largest absolute Gasteiger partial charge is 0.508 e. The highest BCUT2D eigenvalue weighted by atomic mass is 32.2. The molecule has 4 nitrogen and oxygen atoms in total. The first-order valence-corrected chi connectivity index (χ1v) is 7.46. The molecule has 0 saturated heterocycles. The zero-order valence-corrected chi connectivity index (χ0v) is 12.6. The Morgan fingerprint density at radius 2 is 1.82 bits per heavy atom. The lowest BCUT2D eigenvalue weighted by atomic mass is 10.1. The molecular weight excluding hydrogens is 298 g/mol. The SMILES string of the molecule is Cc1ccc(C2=NC(=O)/C(=C/c3ccc(O)cc3O)S2)cc1. The van der Waals surface area contributed by atoms with Crippen LogP contribution < -0.4 is 0 Å². The van der Waals surface area contributed by atoms with E-state index in [0.29, 0.717) is 15.5 Å². The Kier molecular flexibility index (Phi) is 3.73. The van der Waals surface area contributed by atoms with Gasteiger partial charge >= 0.3 is 0 Å². The predicted octanol–water partition coefficient (Wildman–Crippen LogP) is 3.47. The van der Waals surface area contributed by atoms with Gasteiger partial charge in [-0.1, -0.05) is 41.6 Å². The second kappa shape index (κ2) is 5.69. The molecule has 1 aliphatic heterocycles. The van der Waals surface area contributed by atoms with Crippen LogP contribution in [0.25, 0.3) is 6.08 Å². The second-order valence-electron chi connectivity index (χ2n) is 4.94. The van der Waals surface area contributed by atoms with Crippen LogP contribution in [0.4, 0.5) is 0 Å². The molecule has 0 bridgehead atoms. The molecule has 0 fully saturated rings. The number of aryl methyl sites for hydroxylation is 1. The molecule has 0 aliphatic carbocycles. The highest BCUT2D eigenvalue weighted by Crippen LogP contribution is 2.34. The second-order valence-corrected chi connectivity index (χ2v) is 5.97. The minimum Gasteiger partial charge on any atom is -0.508 e. The van der Waals surface area contributed by atoms with Crippen molar-refractivity contribution in [3.63, 3.8) is 0 Å². The van der Waals surface area contributed by atoms with Gasteiger partial charge in [0.2, 0.25) is 0 Å². The summed E-state index contributed by atoms with van der Waals surface area (Å²) in [5.74, 6) is -0.431. The monoisotopic (exact) mass is 311 g/mol. The molecule has 110 valence electrons. The summed E-state index contributed by atoms with van der Waals surface area (Å²) in [4.78, 5) is 16.5. The summed E-state index contributed by atoms with van der Waals surface area (Å²) < 4.78 is 0. The van der Waals surface area contributed by atoms with Crippen molar-refractivity contribution in [3.05, 3.63) is 64.1 Å². The molecule has 0 saturated carbocycles. The Labute approximate surface area is 131 Å². The van der Waals surface area contributed by atoms with Gasteiger partial charge in [0.05, 0.1) is 4.91 Å². The predicted molar refractivity (Wildman–Crippen MR) is 88.1 cm³/mol. The van der Waals surface area contributed by atoms with Crippen molar-refractivity contribution in [2.24, 2.45) is 4.99 Å². The van der Waals surface area contributed by atoms with Gasteiger partial charge in [-0.25, -0.2) is 4.99 Å². The fourth-order valence-corrected chi connectivity index (χ4v) is 2.93. The summed E-state index contributed by atoms with van der Waals surface area (Å²) in [5, 5.41) is 19.7. The van der Waals surface area contributed by atoms with Gasteiger partial charge in [0.15, 0.2) is 0 Å². The first-order chi connectivity index (χ1) is 10.5. The Morgan fingerprint density at radius 3 is 2.50 bits per heavy atom. The van der Waals surface area contributed by atoms with Crippen LogP contribution in [0.5, 0.6) is 11.5 Å². The molecule has 5 heteroatoms. The number of phenolic OH excluding ortho intramolecular Hbond substituents is 2. The summed E-state index contributed by atoms with van der Waals surface area (Å²) in [5.41, 5.74) is 2.50. The van der Waals surface area contributed by atoms with Gasteiger partial charge in [-0.2, -0.15) is 0 Å². The van der Waals surface area contributed by atoms with Gasteiger partial charge in [0, 0.05) is 17.2 Å². The summed E-state index contributed by atoms with van der Waals surface area (Å²) in [6, 6.07) is 12.0. The number of amides is 1. The van der Waals surface area contributed by atoms with Crippen LogP contribution in [0.15, 0.2) is 52.4 Å². The molecule has 0 radical (unpaired) electrons. The number of hydrogen-bond acceptors (Lipinski definition) is 4. The number of carbonyl (C=O) groups excluding carboxylic acids is 1. The minimum atomic E-state index is -0.326. The number of nitrogens with zero attached hydrogens (tertiary/aromatic N) is 1. The molecule has 0 unspecified atom stereocenters. The number of benzene rings is 2. The first-order valence-electron chi connectivity index (χ1n) is 6.64. The van der Waals surface area contributed by atoms with Gasteiger partial charge in [-0.05, 0) is 25.1 Å². The van der Waals surface area contributed by atoms with Crippen LogP contribution >= 0.6 is 11.8 Å². The lowest BCUT2D eigenvalue weighted by Crippen LogP contribution is -1.90. The van der Waals surface area contributed by atoms with E-state index in [2.05, 4.69) is 4.99 Å². The summed E-state index contributed by atoms with van der Waals surface area (Å²) in [6.07, 6.45) is 1.58. The summed E-state index contributed by atoms with van der Waals surface area (Å²) in [6.45, 7) is 2.00. The molecule has 1 aliphatic rings. The number of aromatic hydroxyl groups is 2. The van der Waals surface area contributed by atoms with E-state index in [1.807, 2.05) is 31.2 Å². The third-order valence-electron chi connectivity index (χ3n) is 3.22. The van der Waals surface area contributed by atoms with Crippen LogP contribution in [0.1, 0.15) is 16.7 Å². The van der Waals surface area contributed by atoms with Gasteiger partial charge in [0.25, 0.3) is 5.91 Å². The van der Waals surface area contributed by atoms with Crippen molar-refractivity contribution in [1.29, 1.82) is 0 Å². The molecule has 2 aromatic rings. The molecule has 1 heterocycles. The van der Waals surface area contributed by atoms with Crippen LogP contribution in [-0.2, 0) is 4.79 Å². The van der Waals surface area contributed by atoms with Crippen molar-refractivity contribution >= 4 is 28.8 Å². The van der Waals surface area contributed by atoms with Crippen LogP contribution in [0.2, 0.25) is 0 Å². The number of aliphatic imine (C=N–C) groups is 1. The zero-order valence-electron chi connectivity index (χ0n) is 11.8. The minimum absolute atomic E-state index is 0.0263. The average molecular weight is 311 g/mol. The molecule has 2 aromatic carbocycles. The van der Waals surface area contributed by atoms with Crippen molar-refractivity contribution in [1.82, 2.24) is 0 Å². The molecule has 22 heavy (non-hydrogen) atoms. The molecule has 2 N–H and O–H groups in total. The van der Waals surface area contributed by atoms with E-state index in [-0.39, 0.29) is 17.4 Å². The van der Waals surface area contributed by atoms with Gasteiger partial charge in [-0.15, -0.1) is 0 Å². The summed E-state index contributed by atoms with van der Waals surface area (Å²) in [7, 11) is 0. The van der Waals surface area contributed by atoms with E-state index in [9.17, 15) is 15.0 Å². The van der Waals surface area contributed by atoms with Crippen LogP contribution in [-0.4, -0.2) is 21.2 Å². The van der Waals surface area contributed by atoms with Gasteiger partial charge in [-0.3, -0.25) is 4.79 Å². The fraction of sp³-hybridized carbons (Fsp3) is 0.0588. The Bertz CT molecular complexity index is 807. The lowest BCUT2D eigenvalue weighted by molar-refractivity contribution is -0.113. The lowest BCUT2D eigenvalue weighted by Gasteiger charge is -2.02.